The molecule has 0 radical (unpaired) electrons. The van der Waals surface area contributed by atoms with Crippen molar-refractivity contribution in [2.24, 2.45) is 0 Å². The topological polar surface area (TPSA) is 21.3 Å². The Morgan fingerprint density at radius 3 is 2.88 bits per heavy atom. The molecule has 0 saturated heterocycles. The molecule has 16 heavy (non-hydrogen) atoms. The summed E-state index contributed by atoms with van der Waals surface area (Å²) in [7, 11) is 1.81. The fourth-order valence-corrected chi connectivity index (χ4v) is 4.19. The van der Waals surface area contributed by atoms with Crippen LogP contribution in [-0.4, -0.2) is 19.3 Å². The summed E-state index contributed by atoms with van der Waals surface area (Å²) >= 11 is 8.80. The van der Waals surface area contributed by atoms with Crippen molar-refractivity contribution >= 4 is 43.2 Å². The second-order valence-electron chi connectivity index (χ2n) is 4.08. The highest BCUT2D eigenvalue weighted by Crippen LogP contribution is 2.32. The molecule has 1 fully saturated rings. The van der Waals surface area contributed by atoms with Crippen LogP contribution >= 0.6 is 43.2 Å². The van der Waals surface area contributed by atoms with Crippen molar-refractivity contribution in [3.63, 3.8) is 0 Å². The maximum Gasteiger partial charge on any atom is 0.0843 e. The van der Waals surface area contributed by atoms with Crippen LogP contribution in [0.3, 0.4) is 0 Å². The van der Waals surface area contributed by atoms with Gasteiger partial charge in [-0.2, -0.15) is 0 Å². The summed E-state index contributed by atoms with van der Waals surface area (Å²) in [6.07, 6.45) is 4.02. The quantitative estimate of drug-likeness (QED) is 0.869. The Balaban J connectivity index is 1.79. The minimum absolute atomic E-state index is 0.458. The zero-order chi connectivity index (χ0) is 11.5. The second-order valence-corrected chi connectivity index (χ2v) is 7.39. The van der Waals surface area contributed by atoms with Gasteiger partial charge in [-0.15, -0.1) is 11.3 Å². The number of ether oxygens (including phenoxy) is 1. The molecule has 0 aliphatic heterocycles. The first-order valence-electron chi connectivity index (χ1n) is 5.39. The number of thiophene rings is 1. The van der Waals surface area contributed by atoms with Crippen molar-refractivity contribution in [3.8, 4) is 0 Å². The lowest BCUT2D eigenvalue weighted by Crippen LogP contribution is -2.26. The van der Waals surface area contributed by atoms with Gasteiger partial charge < -0.3 is 10.1 Å². The van der Waals surface area contributed by atoms with Crippen LogP contribution < -0.4 is 5.32 Å². The molecule has 2 unspecified atom stereocenters. The highest BCUT2D eigenvalue weighted by atomic mass is 79.9. The first kappa shape index (κ1) is 13.0. The Bertz CT molecular complexity index is 336. The predicted molar refractivity (Wildman–Crippen MR) is 75.0 cm³/mol. The van der Waals surface area contributed by atoms with Crippen LogP contribution in [0.4, 0.5) is 0 Å². The maximum absolute atomic E-state index is 5.36. The monoisotopic (exact) mass is 367 g/mol. The molecule has 0 bridgehead atoms. The summed E-state index contributed by atoms with van der Waals surface area (Å²) in [4.78, 5) is 1.36. The minimum Gasteiger partial charge on any atom is -0.381 e. The van der Waals surface area contributed by atoms with Gasteiger partial charge in [0.1, 0.15) is 0 Å². The Morgan fingerprint density at radius 1 is 1.50 bits per heavy atom. The van der Waals surface area contributed by atoms with E-state index in [1.165, 1.54) is 21.5 Å². The van der Waals surface area contributed by atoms with E-state index in [4.69, 9.17) is 4.74 Å². The molecule has 2 atom stereocenters. The van der Waals surface area contributed by atoms with Gasteiger partial charge in [-0.1, -0.05) is 0 Å². The molecule has 5 heteroatoms. The van der Waals surface area contributed by atoms with Gasteiger partial charge >= 0.3 is 0 Å². The summed E-state index contributed by atoms with van der Waals surface area (Å²) in [5, 5.41) is 3.59. The van der Waals surface area contributed by atoms with Crippen LogP contribution in [0.25, 0.3) is 0 Å². The van der Waals surface area contributed by atoms with Crippen LogP contribution in [0.5, 0.6) is 0 Å². The summed E-state index contributed by atoms with van der Waals surface area (Å²) in [6.45, 7) is 0.954. The molecule has 2 nitrogen and oxygen atoms in total. The van der Waals surface area contributed by atoms with E-state index in [1.54, 1.807) is 18.4 Å². The maximum atomic E-state index is 5.36. The third-order valence-electron chi connectivity index (χ3n) is 2.98. The molecule has 0 amide bonds. The van der Waals surface area contributed by atoms with Crippen molar-refractivity contribution in [2.45, 2.75) is 38.0 Å². The van der Waals surface area contributed by atoms with Crippen LogP contribution in [0, 0.1) is 0 Å². The van der Waals surface area contributed by atoms with Gasteiger partial charge in [-0.3, -0.25) is 0 Å². The normalized spacial score (nSPS) is 25.2. The van der Waals surface area contributed by atoms with E-state index < -0.39 is 0 Å². The van der Waals surface area contributed by atoms with Crippen molar-refractivity contribution in [2.75, 3.05) is 7.11 Å². The third kappa shape index (κ3) is 3.29. The van der Waals surface area contributed by atoms with E-state index in [-0.39, 0.29) is 0 Å². The van der Waals surface area contributed by atoms with Crippen LogP contribution in [-0.2, 0) is 11.3 Å². The van der Waals surface area contributed by atoms with E-state index in [0.717, 1.165) is 17.4 Å². The third-order valence-corrected chi connectivity index (χ3v) is 6.24. The average Bonchev–Trinajstić information content (AvgIpc) is 2.84. The number of methoxy groups -OCH3 is 1. The van der Waals surface area contributed by atoms with Gasteiger partial charge in [0, 0.05) is 29.0 Å². The van der Waals surface area contributed by atoms with Crippen molar-refractivity contribution in [1.29, 1.82) is 0 Å². The van der Waals surface area contributed by atoms with Gasteiger partial charge in [0.25, 0.3) is 0 Å². The lowest BCUT2D eigenvalue weighted by atomic mass is 10.2. The number of nitrogens with one attached hydrogen (secondary N) is 1. The Kier molecular flexibility index (Phi) is 4.85. The Hall–Kier alpha value is 0.580. The molecule has 1 heterocycles. The van der Waals surface area contributed by atoms with Crippen LogP contribution in [0.1, 0.15) is 24.1 Å². The highest BCUT2D eigenvalue weighted by Gasteiger charge is 2.23. The SMILES string of the molecule is COC1CCC(NCc2cc(Br)c(Br)s2)C1. The molecule has 1 aromatic rings. The standard InChI is InChI=1S/C11H15Br2NOS/c1-15-8-3-2-7(4-8)14-6-9-5-10(12)11(13)16-9/h5,7-8,14H,2-4,6H2,1H3. The second kappa shape index (κ2) is 5.96. The van der Waals surface area contributed by atoms with E-state index in [2.05, 4.69) is 43.2 Å². The summed E-state index contributed by atoms with van der Waals surface area (Å²) in [5.74, 6) is 0. The fraction of sp³-hybridized carbons (Fsp3) is 0.636. The molecule has 0 spiro atoms. The molecule has 1 aromatic heterocycles. The zero-order valence-corrected chi connectivity index (χ0v) is 13.1. The van der Waals surface area contributed by atoms with Gasteiger partial charge in [0.05, 0.1) is 9.89 Å². The molecule has 1 aliphatic carbocycles. The number of rotatable bonds is 4. The Labute approximate surface area is 117 Å². The molecule has 0 aromatic carbocycles. The molecule has 1 aliphatic rings. The first-order chi connectivity index (χ1) is 7.69. The number of hydrogen-bond acceptors (Lipinski definition) is 3. The molecule has 1 saturated carbocycles. The Morgan fingerprint density at radius 2 is 2.31 bits per heavy atom. The van der Waals surface area contributed by atoms with Crippen LogP contribution in [0.15, 0.2) is 14.3 Å². The minimum atomic E-state index is 0.458. The predicted octanol–water partition coefficient (Wildman–Crippen LogP) is 3.93. The van der Waals surface area contributed by atoms with Gasteiger partial charge in [-0.25, -0.2) is 0 Å². The lowest BCUT2D eigenvalue weighted by Gasteiger charge is -2.11. The summed E-state index contributed by atoms with van der Waals surface area (Å²) < 4.78 is 7.68. The smallest absolute Gasteiger partial charge is 0.0843 e. The summed E-state index contributed by atoms with van der Waals surface area (Å²) in [5.41, 5.74) is 0. The largest absolute Gasteiger partial charge is 0.381 e. The van der Waals surface area contributed by atoms with Gasteiger partial charge in [0.2, 0.25) is 0 Å². The fourth-order valence-electron chi connectivity index (χ4n) is 2.06. The molecule has 90 valence electrons. The van der Waals surface area contributed by atoms with E-state index in [0.29, 0.717) is 12.1 Å². The lowest BCUT2D eigenvalue weighted by molar-refractivity contribution is 0.107. The van der Waals surface area contributed by atoms with Gasteiger partial charge in [-0.05, 0) is 57.2 Å². The average molecular weight is 369 g/mol. The number of hydrogen-bond donors (Lipinski definition) is 1. The highest BCUT2D eigenvalue weighted by molar-refractivity contribution is 9.13. The summed E-state index contributed by atoms with van der Waals surface area (Å²) in [6, 6.07) is 2.79. The molecule has 2 rings (SSSR count). The molecular formula is C11H15Br2NOS. The number of halogens is 2. The van der Waals surface area contributed by atoms with E-state index in [1.807, 2.05) is 0 Å². The first-order valence-corrected chi connectivity index (χ1v) is 7.79. The zero-order valence-electron chi connectivity index (χ0n) is 9.13. The van der Waals surface area contributed by atoms with Crippen molar-refractivity contribution in [1.82, 2.24) is 5.32 Å². The van der Waals surface area contributed by atoms with Gasteiger partial charge in [0.15, 0.2) is 0 Å². The van der Waals surface area contributed by atoms with E-state index >= 15 is 0 Å². The van der Waals surface area contributed by atoms with Crippen molar-refractivity contribution in [3.05, 3.63) is 19.2 Å². The van der Waals surface area contributed by atoms with Crippen molar-refractivity contribution < 1.29 is 4.74 Å². The molecular weight excluding hydrogens is 354 g/mol. The van der Waals surface area contributed by atoms with E-state index in [9.17, 15) is 0 Å². The molecule has 1 N–H and O–H groups in total. The van der Waals surface area contributed by atoms with Crippen LogP contribution in [0.2, 0.25) is 0 Å².